The van der Waals surface area contributed by atoms with Gasteiger partial charge in [-0.1, -0.05) is 128 Å². The highest BCUT2D eigenvalue weighted by atomic mass is 31.2. The minimum atomic E-state index is -4.69. The number of ether oxygens (including phenoxy) is 2. The minimum Gasteiger partial charge on any atom is -0.756 e. The Labute approximate surface area is 358 Å². The quantitative estimate of drug-likeness (QED) is 0.0178. The monoisotopic (exact) mass is 860 g/mol. The van der Waals surface area contributed by atoms with Crippen molar-refractivity contribution >= 4 is 19.8 Å². The van der Waals surface area contributed by atoms with Gasteiger partial charge < -0.3 is 43.2 Å². The summed E-state index contributed by atoms with van der Waals surface area (Å²) < 4.78 is 33.9. The van der Waals surface area contributed by atoms with Crippen molar-refractivity contribution in [3.8, 4) is 0 Å². The summed E-state index contributed by atoms with van der Waals surface area (Å²) in [4.78, 5) is 37.8. The van der Waals surface area contributed by atoms with E-state index in [1.54, 1.807) is 6.08 Å². The number of esters is 2. The Hall–Kier alpha value is -1.63. The lowest BCUT2D eigenvalue weighted by Crippen LogP contribution is -2.37. The van der Waals surface area contributed by atoms with Gasteiger partial charge in [0.2, 0.25) is 0 Å². The maximum Gasteiger partial charge on any atom is 0.306 e. The summed E-state index contributed by atoms with van der Waals surface area (Å²) in [6, 6.07) is 0. The van der Waals surface area contributed by atoms with Crippen LogP contribution in [0, 0.1) is 11.8 Å². The maximum atomic E-state index is 12.8. The van der Waals surface area contributed by atoms with Crippen LogP contribution >= 0.6 is 7.82 Å². The van der Waals surface area contributed by atoms with Crippen molar-refractivity contribution in [2.24, 2.45) is 11.8 Å². The van der Waals surface area contributed by atoms with Crippen molar-refractivity contribution in [1.29, 1.82) is 0 Å². The molecule has 346 valence electrons. The second-order valence-electron chi connectivity index (χ2n) is 17.7. The lowest BCUT2D eigenvalue weighted by atomic mass is 9.88. The third kappa shape index (κ3) is 31.0. The van der Waals surface area contributed by atoms with Crippen LogP contribution in [0.3, 0.4) is 0 Å². The molecule has 0 amide bonds. The Morgan fingerprint density at radius 1 is 0.746 bits per heavy atom. The average molecular weight is 860 g/mol. The first-order valence-electron chi connectivity index (χ1n) is 23.3. The van der Waals surface area contributed by atoms with Gasteiger partial charge in [0.25, 0.3) is 7.82 Å². The standard InChI is InChI=1S/C46H86NO11P/c1-6-8-10-11-12-13-14-15-16-17-18-19-20-21-26-30-45(51)55-37-40(38-57-59(53,54)56-35-34-47(3,4)5)58-46(52)31-27-23-22-25-29-41-42(44(50)36-43(41)49)33-32-39(48)28-24-9-7-2/h13-14,32-33,39-44,48-50H,6-12,15-31,34-38H2,1-5H3/b14-13-,33-32+/t39-,40+,41+,42+,43-,44+/m0/s1. The van der Waals surface area contributed by atoms with Crippen LogP contribution in [0.4, 0.5) is 0 Å². The number of allylic oxidation sites excluding steroid dienone is 2. The number of nitrogens with zero attached hydrogens (tertiary/aromatic N) is 1. The molecule has 1 fully saturated rings. The molecule has 0 radical (unpaired) electrons. The molecular formula is C46H86NO11P. The van der Waals surface area contributed by atoms with Crippen LogP contribution in [-0.2, 0) is 32.7 Å². The molecule has 0 aromatic heterocycles. The normalized spacial score (nSPS) is 20.6. The Morgan fingerprint density at radius 3 is 1.93 bits per heavy atom. The van der Waals surface area contributed by atoms with Crippen LogP contribution in [0.1, 0.15) is 174 Å². The third-order valence-corrected chi connectivity index (χ3v) is 12.0. The van der Waals surface area contributed by atoms with Gasteiger partial charge in [-0.2, -0.15) is 0 Å². The van der Waals surface area contributed by atoms with Gasteiger partial charge in [-0.3, -0.25) is 14.2 Å². The molecule has 7 atom stereocenters. The minimum absolute atomic E-state index is 0.0692. The maximum absolute atomic E-state index is 12.8. The second-order valence-corrected chi connectivity index (χ2v) is 19.1. The SMILES string of the molecule is CCCCCC/C=C\CCCCCCCCCC(=O)OC[C@H](COP(=O)([O-])OCC[N+](C)(C)C)OC(=O)CCCCCC[C@@H]1[C@@H](/C=C/[C@@H](O)CCCCC)[C@H](O)C[C@@H]1O. The number of unbranched alkanes of at least 4 members (excludes halogenated alkanes) is 16. The van der Waals surface area contributed by atoms with Crippen LogP contribution in [0.5, 0.6) is 0 Å². The molecule has 0 saturated heterocycles. The average Bonchev–Trinajstić information content (AvgIpc) is 3.44. The molecule has 0 aliphatic heterocycles. The summed E-state index contributed by atoms with van der Waals surface area (Å²) in [5.74, 6) is -1.28. The van der Waals surface area contributed by atoms with Crippen molar-refractivity contribution in [2.45, 2.75) is 199 Å². The van der Waals surface area contributed by atoms with E-state index in [4.69, 9.17) is 18.5 Å². The highest BCUT2D eigenvalue weighted by Crippen LogP contribution is 2.39. The Morgan fingerprint density at radius 2 is 1.31 bits per heavy atom. The largest absolute Gasteiger partial charge is 0.756 e. The molecule has 0 aromatic rings. The van der Waals surface area contributed by atoms with E-state index in [-0.39, 0.29) is 37.9 Å². The Balaban J connectivity index is 2.46. The molecular weight excluding hydrogens is 773 g/mol. The summed E-state index contributed by atoms with van der Waals surface area (Å²) in [6.45, 7) is 3.87. The van der Waals surface area contributed by atoms with Crippen molar-refractivity contribution in [3.63, 3.8) is 0 Å². The van der Waals surface area contributed by atoms with Gasteiger partial charge in [-0.15, -0.1) is 0 Å². The van der Waals surface area contributed by atoms with E-state index in [9.17, 15) is 34.4 Å². The van der Waals surface area contributed by atoms with Crippen LogP contribution in [0.15, 0.2) is 24.3 Å². The fraction of sp³-hybridized carbons (Fsp3) is 0.870. The summed E-state index contributed by atoms with van der Waals surface area (Å²) in [7, 11) is 1.03. The van der Waals surface area contributed by atoms with Gasteiger partial charge in [0.15, 0.2) is 6.10 Å². The zero-order valence-corrected chi connectivity index (χ0v) is 38.7. The van der Waals surface area contributed by atoms with Crippen LogP contribution in [0.25, 0.3) is 0 Å². The lowest BCUT2D eigenvalue weighted by Gasteiger charge is -2.28. The number of carbonyl (C=O) groups excluding carboxylic acids is 2. The predicted octanol–water partition coefficient (Wildman–Crippen LogP) is 8.88. The smallest absolute Gasteiger partial charge is 0.306 e. The molecule has 0 spiro atoms. The topological polar surface area (TPSA) is 172 Å². The van der Waals surface area contributed by atoms with E-state index < -0.39 is 50.8 Å². The molecule has 0 aromatic carbocycles. The van der Waals surface area contributed by atoms with E-state index in [0.717, 1.165) is 70.6 Å². The van der Waals surface area contributed by atoms with Gasteiger partial charge in [0.1, 0.15) is 19.8 Å². The summed E-state index contributed by atoms with van der Waals surface area (Å²) in [6.07, 6.45) is 28.3. The number of phosphoric ester groups is 1. The molecule has 1 aliphatic carbocycles. The number of phosphoric acid groups is 1. The van der Waals surface area contributed by atoms with Gasteiger partial charge in [-0.05, 0) is 57.3 Å². The molecule has 12 nitrogen and oxygen atoms in total. The first-order valence-corrected chi connectivity index (χ1v) is 24.8. The highest BCUT2D eigenvalue weighted by molar-refractivity contribution is 7.45. The fourth-order valence-electron chi connectivity index (χ4n) is 7.33. The summed E-state index contributed by atoms with van der Waals surface area (Å²) >= 11 is 0. The van der Waals surface area contributed by atoms with Gasteiger partial charge in [-0.25, -0.2) is 0 Å². The van der Waals surface area contributed by atoms with Gasteiger partial charge >= 0.3 is 11.9 Å². The zero-order chi connectivity index (χ0) is 43.8. The number of carbonyl (C=O) groups is 2. The number of hydrogen-bond donors (Lipinski definition) is 3. The summed E-state index contributed by atoms with van der Waals surface area (Å²) in [5, 5.41) is 31.4. The fourth-order valence-corrected chi connectivity index (χ4v) is 8.06. The number of aliphatic hydroxyl groups is 3. The van der Waals surface area contributed by atoms with Crippen molar-refractivity contribution in [1.82, 2.24) is 0 Å². The number of hydrogen-bond acceptors (Lipinski definition) is 11. The van der Waals surface area contributed by atoms with Crippen LogP contribution in [-0.4, -0.2) is 104 Å². The molecule has 59 heavy (non-hydrogen) atoms. The lowest BCUT2D eigenvalue weighted by molar-refractivity contribution is -0.870. The molecule has 1 rings (SSSR count). The summed E-state index contributed by atoms with van der Waals surface area (Å²) in [5.41, 5.74) is 0. The molecule has 0 bridgehead atoms. The third-order valence-electron chi connectivity index (χ3n) is 11.0. The number of rotatable bonds is 38. The molecule has 13 heteroatoms. The second kappa shape index (κ2) is 33.9. The number of aliphatic hydroxyl groups excluding tert-OH is 3. The first kappa shape index (κ1) is 55.4. The molecule has 1 aliphatic rings. The van der Waals surface area contributed by atoms with E-state index in [1.165, 1.54) is 51.4 Å². The van der Waals surface area contributed by atoms with Gasteiger partial charge in [0.05, 0.1) is 46.1 Å². The van der Waals surface area contributed by atoms with Gasteiger partial charge in [0, 0.05) is 25.2 Å². The van der Waals surface area contributed by atoms with Crippen LogP contribution in [0.2, 0.25) is 0 Å². The van der Waals surface area contributed by atoms with E-state index in [2.05, 4.69) is 26.0 Å². The van der Waals surface area contributed by atoms with Crippen molar-refractivity contribution < 1.29 is 57.4 Å². The molecule has 1 saturated carbocycles. The zero-order valence-electron chi connectivity index (χ0n) is 37.8. The predicted molar refractivity (Wildman–Crippen MR) is 233 cm³/mol. The molecule has 3 N–H and O–H groups in total. The highest BCUT2D eigenvalue weighted by Gasteiger charge is 2.39. The molecule has 0 heterocycles. The van der Waals surface area contributed by atoms with E-state index in [1.807, 2.05) is 27.2 Å². The Kier molecular flexibility index (Phi) is 31.9. The van der Waals surface area contributed by atoms with Crippen LogP contribution < -0.4 is 4.89 Å². The first-order chi connectivity index (χ1) is 28.2. The van der Waals surface area contributed by atoms with Crippen molar-refractivity contribution in [3.05, 3.63) is 24.3 Å². The van der Waals surface area contributed by atoms with E-state index in [0.29, 0.717) is 36.7 Å². The number of quaternary nitrogens is 1. The number of likely N-dealkylation sites (N-methyl/N-ethyl adjacent to an activating group) is 1. The molecule has 1 unspecified atom stereocenters. The van der Waals surface area contributed by atoms with Crippen molar-refractivity contribution in [2.75, 3.05) is 47.5 Å². The van der Waals surface area contributed by atoms with E-state index >= 15 is 0 Å². The Bertz CT molecular complexity index is 1180.